The Bertz CT molecular complexity index is 1510. The molecule has 0 aliphatic heterocycles. The summed E-state index contributed by atoms with van der Waals surface area (Å²) in [6.07, 6.45) is 7.07. The van der Waals surface area contributed by atoms with E-state index in [1.165, 1.54) is 11.1 Å². The highest BCUT2D eigenvalue weighted by Gasteiger charge is 2.22. The predicted molar refractivity (Wildman–Crippen MR) is 148 cm³/mol. The maximum atomic E-state index is 13.6. The van der Waals surface area contributed by atoms with Crippen LogP contribution in [0.15, 0.2) is 70.6 Å². The highest BCUT2D eigenvalue weighted by atomic mass is 35.5. The molecule has 0 atom stereocenters. The fourth-order valence-corrected chi connectivity index (χ4v) is 5.16. The maximum absolute atomic E-state index is 13.6. The third kappa shape index (κ3) is 5.54. The van der Waals surface area contributed by atoms with Gasteiger partial charge in [0.05, 0.1) is 24.2 Å². The van der Waals surface area contributed by atoms with Gasteiger partial charge in [-0.25, -0.2) is 4.98 Å². The van der Waals surface area contributed by atoms with Gasteiger partial charge in [-0.1, -0.05) is 72.8 Å². The van der Waals surface area contributed by atoms with E-state index in [2.05, 4.69) is 11.2 Å². The van der Waals surface area contributed by atoms with Crippen LogP contribution in [0.1, 0.15) is 60.5 Å². The molecular formula is C30H30ClN3O3. The second kappa shape index (κ2) is 11.2. The van der Waals surface area contributed by atoms with E-state index >= 15 is 0 Å². The molecule has 0 amide bonds. The summed E-state index contributed by atoms with van der Waals surface area (Å²) in [5.74, 6) is 1.90. The Labute approximate surface area is 221 Å². The number of aryl methyl sites for hydroxylation is 1. The zero-order valence-electron chi connectivity index (χ0n) is 21.1. The summed E-state index contributed by atoms with van der Waals surface area (Å²) >= 11 is 6.40. The summed E-state index contributed by atoms with van der Waals surface area (Å²) < 4.78 is 13.2. The fourth-order valence-electron chi connectivity index (χ4n) is 4.95. The first-order chi connectivity index (χ1) is 18.0. The quantitative estimate of drug-likeness (QED) is 0.252. The van der Waals surface area contributed by atoms with Crippen LogP contribution in [0.4, 0.5) is 0 Å². The van der Waals surface area contributed by atoms with E-state index in [4.69, 9.17) is 26.1 Å². The normalized spacial score (nSPS) is 14.4. The van der Waals surface area contributed by atoms with Gasteiger partial charge in [-0.2, -0.15) is 9.78 Å². The number of para-hydroxylation sites is 1. The molecule has 6 nitrogen and oxygen atoms in total. The molecule has 1 aliphatic carbocycles. The van der Waals surface area contributed by atoms with Crippen LogP contribution in [0.3, 0.4) is 0 Å². The monoisotopic (exact) mass is 515 g/mol. The first kappa shape index (κ1) is 25.0. The number of fused-ring (bicyclic) bond motifs is 1. The first-order valence-corrected chi connectivity index (χ1v) is 13.0. The second-order valence-corrected chi connectivity index (χ2v) is 9.92. The van der Waals surface area contributed by atoms with Crippen molar-refractivity contribution in [3.63, 3.8) is 0 Å². The third-order valence-electron chi connectivity index (χ3n) is 6.80. The molecule has 0 unspecified atom stereocenters. The highest BCUT2D eigenvalue weighted by molar-refractivity contribution is 6.31. The molecule has 5 rings (SSSR count). The molecule has 3 aromatic carbocycles. The molecular weight excluding hydrogens is 486 g/mol. The van der Waals surface area contributed by atoms with E-state index in [-0.39, 0.29) is 11.5 Å². The summed E-state index contributed by atoms with van der Waals surface area (Å²) in [6, 6.07) is 19.0. The number of rotatable bonds is 7. The van der Waals surface area contributed by atoms with E-state index in [9.17, 15) is 4.79 Å². The fraction of sp³-hybridized carbons (Fsp3) is 0.300. The van der Waals surface area contributed by atoms with Crippen molar-refractivity contribution in [2.45, 2.75) is 51.6 Å². The van der Waals surface area contributed by atoms with Gasteiger partial charge in [-0.3, -0.25) is 4.79 Å². The molecule has 0 saturated heterocycles. The average Bonchev–Trinajstić information content (AvgIpc) is 2.92. The molecule has 1 fully saturated rings. The highest BCUT2D eigenvalue weighted by Crippen LogP contribution is 2.35. The van der Waals surface area contributed by atoms with Gasteiger partial charge in [0.1, 0.15) is 12.4 Å². The molecule has 7 heteroatoms. The molecule has 0 N–H and O–H groups in total. The first-order valence-electron chi connectivity index (χ1n) is 12.7. The smallest absolute Gasteiger partial charge is 0.282 e. The van der Waals surface area contributed by atoms with Gasteiger partial charge in [-0.15, -0.1) is 0 Å². The Kier molecular flexibility index (Phi) is 7.56. The van der Waals surface area contributed by atoms with E-state index in [0.717, 1.165) is 36.8 Å². The Hall–Kier alpha value is -3.64. The summed E-state index contributed by atoms with van der Waals surface area (Å²) in [6.45, 7) is 2.40. The lowest BCUT2D eigenvalue weighted by Gasteiger charge is -2.22. The number of halogens is 1. The Morgan fingerprint density at radius 3 is 2.68 bits per heavy atom. The maximum Gasteiger partial charge on any atom is 0.282 e. The van der Waals surface area contributed by atoms with Crippen LogP contribution in [-0.2, 0) is 6.61 Å². The summed E-state index contributed by atoms with van der Waals surface area (Å²) in [5.41, 5.74) is 3.33. The molecule has 37 heavy (non-hydrogen) atoms. The average molecular weight is 516 g/mol. The van der Waals surface area contributed by atoms with E-state index in [1.807, 2.05) is 43.3 Å². The molecule has 0 bridgehead atoms. The van der Waals surface area contributed by atoms with Gasteiger partial charge in [-0.05, 0) is 43.5 Å². The van der Waals surface area contributed by atoms with Crippen molar-refractivity contribution in [1.29, 1.82) is 0 Å². The van der Waals surface area contributed by atoms with Crippen molar-refractivity contribution in [3.8, 4) is 11.5 Å². The Morgan fingerprint density at radius 2 is 1.89 bits per heavy atom. The molecule has 1 aromatic heterocycles. The third-order valence-corrected chi connectivity index (χ3v) is 7.01. The van der Waals surface area contributed by atoms with E-state index in [1.54, 1.807) is 31.5 Å². The summed E-state index contributed by atoms with van der Waals surface area (Å²) in [7, 11) is 1.57. The van der Waals surface area contributed by atoms with Gasteiger partial charge in [0.15, 0.2) is 11.5 Å². The Morgan fingerprint density at radius 1 is 1.08 bits per heavy atom. The number of methoxy groups -OCH3 is 1. The van der Waals surface area contributed by atoms with Crippen LogP contribution in [0.2, 0.25) is 5.02 Å². The zero-order chi connectivity index (χ0) is 25.8. The topological polar surface area (TPSA) is 65.7 Å². The molecule has 0 spiro atoms. The van der Waals surface area contributed by atoms with Crippen molar-refractivity contribution in [2.24, 2.45) is 5.10 Å². The summed E-state index contributed by atoms with van der Waals surface area (Å²) in [5, 5.41) is 5.69. The number of aromatic nitrogens is 2. The number of ether oxygens (including phenoxy) is 2. The van der Waals surface area contributed by atoms with Crippen LogP contribution in [0, 0.1) is 6.92 Å². The number of benzene rings is 3. The molecule has 1 saturated carbocycles. The van der Waals surface area contributed by atoms with Crippen molar-refractivity contribution in [2.75, 3.05) is 7.11 Å². The van der Waals surface area contributed by atoms with Gasteiger partial charge in [0, 0.05) is 22.6 Å². The number of nitrogens with zero attached hydrogens (tertiary/aromatic N) is 3. The molecule has 1 aliphatic rings. The largest absolute Gasteiger partial charge is 0.493 e. The van der Waals surface area contributed by atoms with Crippen LogP contribution < -0.4 is 15.0 Å². The lowest BCUT2D eigenvalue weighted by molar-refractivity contribution is 0.284. The molecule has 0 radical (unpaired) electrons. The van der Waals surface area contributed by atoms with Gasteiger partial charge in [0.2, 0.25) is 0 Å². The Balaban J connectivity index is 1.57. The van der Waals surface area contributed by atoms with Crippen LogP contribution in [0.5, 0.6) is 11.5 Å². The lowest BCUT2D eigenvalue weighted by atomic mass is 9.88. The number of hydrogen-bond donors (Lipinski definition) is 0. The van der Waals surface area contributed by atoms with E-state index in [0.29, 0.717) is 45.4 Å². The van der Waals surface area contributed by atoms with Gasteiger partial charge in [0.25, 0.3) is 5.56 Å². The zero-order valence-corrected chi connectivity index (χ0v) is 21.9. The minimum Gasteiger partial charge on any atom is -0.493 e. The summed E-state index contributed by atoms with van der Waals surface area (Å²) in [4.78, 5) is 18.5. The van der Waals surface area contributed by atoms with Gasteiger partial charge < -0.3 is 9.47 Å². The molecule has 190 valence electrons. The molecule has 4 aromatic rings. The minimum absolute atomic E-state index is 0.182. The number of hydrogen-bond acceptors (Lipinski definition) is 5. The van der Waals surface area contributed by atoms with Crippen molar-refractivity contribution >= 4 is 28.7 Å². The molecule has 1 heterocycles. The van der Waals surface area contributed by atoms with Crippen LogP contribution in [-0.4, -0.2) is 23.0 Å². The van der Waals surface area contributed by atoms with Crippen molar-refractivity contribution in [1.82, 2.24) is 9.66 Å². The van der Waals surface area contributed by atoms with Crippen LogP contribution in [0.25, 0.3) is 10.9 Å². The van der Waals surface area contributed by atoms with Gasteiger partial charge >= 0.3 is 0 Å². The second-order valence-electron chi connectivity index (χ2n) is 9.49. The van der Waals surface area contributed by atoms with Crippen molar-refractivity contribution < 1.29 is 9.47 Å². The standard InChI is InChI=1S/C30H30ClN3O3/c1-20-9-8-10-21(15-20)19-37-28-23(16-24(31)17-27(28)36-2)18-32-34-29(22-11-4-3-5-12-22)33-26-14-7-6-13-25(26)30(34)35/h6-10,13-18,22H,3-5,11-12,19H2,1-2H3. The minimum atomic E-state index is -0.182. The van der Waals surface area contributed by atoms with Crippen LogP contribution >= 0.6 is 11.6 Å². The lowest BCUT2D eigenvalue weighted by Crippen LogP contribution is -2.25. The SMILES string of the molecule is COc1cc(Cl)cc(C=Nn2c(C3CCCCC3)nc3ccccc3c2=O)c1OCc1cccc(C)c1. The predicted octanol–water partition coefficient (Wildman–Crippen LogP) is 6.88. The van der Waals surface area contributed by atoms with E-state index < -0.39 is 0 Å². The van der Waals surface area contributed by atoms with Crippen molar-refractivity contribution in [3.05, 3.63) is 98.6 Å².